The van der Waals surface area contributed by atoms with E-state index in [1.165, 1.54) is 9.08 Å². The van der Waals surface area contributed by atoms with Gasteiger partial charge in [0.15, 0.2) is 5.65 Å². The van der Waals surface area contributed by atoms with Gasteiger partial charge in [-0.25, -0.2) is 9.48 Å². The number of amides is 1. The summed E-state index contributed by atoms with van der Waals surface area (Å²) in [7, 11) is 0. The molecule has 1 amide bonds. The maximum Gasteiger partial charge on any atom is 0.350 e. The van der Waals surface area contributed by atoms with E-state index in [2.05, 4.69) is 5.10 Å². The number of rotatable bonds is 4. The van der Waals surface area contributed by atoms with Gasteiger partial charge in [0.2, 0.25) is 5.91 Å². The van der Waals surface area contributed by atoms with Crippen molar-refractivity contribution < 1.29 is 4.79 Å². The van der Waals surface area contributed by atoms with Gasteiger partial charge in [0.05, 0.1) is 0 Å². The Morgan fingerprint density at radius 2 is 2.00 bits per heavy atom. The first-order valence-electron chi connectivity index (χ1n) is 7.93. The average Bonchev–Trinajstić information content (AvgIpc) is 2.88. The first kappa shape index (κ1) is 16.0. The van der Waals surface area contributed by atoms with E-state index in [0.29, 0.717) is 12.2 Å². The molecule has 0 spiro atoms. The molecule has 124 valence electrons. The lowest BCUT2D eigenvalue weighted by atomic mass is 10.1. The van der Waals surface area contributed by atoms with Gasteiger partial charge in [-0.15, -0.1) is 5.10 Å². The number of hydrogen-bond donors (Lipinski definition) is 0. The number of pyridine rings is 1. The first-order valence-corrected chi connectivity index (χ1v) is 7.93. The largest absolute Gasteiger partial charge is 0.350 e. The molecule has 3 rings (SSSR count). The highest BCUT2D eigenvalue weighted by molar-refractivity contribution is 5.94. The minimum absolute atomic E-state index is 0.0816. The second kappa shape index (κ2) is 6.31. The van der Waals surface area contributed by atoms with Crippen LogP contribution < -0.4 is 10.6 Å². The van der Waals surface area contributed by atoms with Crippen molar-refractivity contribution in [2.75, 3.05) is 11.4 Å². The number of nitrogens with zero attached hydrogens (tertiary/aromatic N) is 4. The van der Waals surface area contributed by atoms with Crippen molar-refractivity contribution in [2.24, 2.45) is 0 Å². The standard InChI is InChI=1S/C18H20N4O2/c1-4-20(15-11-13(2)8-9-14(15)3)17(23)12-22-18(24)21-10-6-5-7-16(21)19-22/h5-11H,4,12H2,1-3H3. The summed E-state index contributed by atoms with van der Waals surface area (Å²) in [5.41, 5.74) is 3.21. The molecule has 0 bridgehead atoms. The molecule has 2 aromatic heterocycles. The number of anilines is 1. The Morgan fingerprint density at radius 3 is 2.71 bits per heavy atom. The highest BCUT2D eigenvalue weighted by atomic mass is 16.2. The van der Waals surface area contributed by atoms with Gasteiger partial charge in [0.1, 0.15) is 6.54 Å². The molecule has 3 aromatic rings. The van der Waals surface area contributed by atoms with E-state index in [9.17, 15) is 9.59 Å². The zero-order valence-electron chi connectivity index (χ0n) is 14.1. The second-order valence-electron chi connectivity index (χ2n) is 5.80. The molecule has 0 saturated heterocycles. The minimum atomic E-state index is -0.309. The highest BCUT2D eigenvalue weighted by Crippen LogP contribution is 2.21. The summed E-state index contributed by atoms with van der Waals surface area (Å²) in [6, 6.07) is 11.3. The lowest BCUT2D eigenvalue weighted by molar-refractivity contribution is -0.119. The lowest BCUT2D eigenvalue weighted by Gasteiger charge is -2.23. The zero-order valence-corrected chi connectivity index (χ0v) is 14.1. The Hall–Kier alpha value is -2.89. The molecule has 2 heterocycles. The van der Waals surface area contributed by atoms with E-state index < -0.39 is 0 Å². The molecular formula is C18H20N4O2. The van der Waals surface area contributed by atoms with Crippen LogP contribution in [0.25, 0.3) is 5.65 Å². The van der Waals surface area contributed by atoms with E-state index in [1.54, 1.807) is 23.2 Å². The van der Waals surface area contributed by atoms with Gasteiger partial charge in [0, 0.05) is 18.4 Å². The van der Waals surface area contributed by atoms with Gasteiger partial charge in [-0.05, 0) is 50.1 Å². The van der Waals surface area contributed by atoms with Crippen LogP contribution >= 0.6 is 0 Å². The predicted octanol–water partition coefficient (Wildman–Crippen LogP) is 2.17. The number of aryl methyl sites for hydroxylation is 2. The number of benzene rings is 1. The monoisotopic (exact) mass is 324 g/mol. The van der Waals surface area contributed by atoms with Crippen LogP contribution in [0.4, 0.5) is 5.69 Å². The van der Waals surface area contributed by atoms with Crippen LogP contribution in [0, 0.1) is 13.8 Å². The fraction of sp³-hybridized carbons (Fsp3) is 0.278. The number of aromatic nitrogens is 3. The topological polar surface area (TPSA) is 59.6 Å². The van der Waals surface area contributed by atoms with Gasteiger partial charge >= 0.3 is 5.69 Å². The third-order valence-electron chi connectivity index (χ3n) is 4.05. The van der Waals surface area contributed by atoms with Crippen molar-refractivity contribution in [3.05, 3.63) is 64.2 Å². The third kappa shape index (κ3) is 2.82. The molecule has 6 heteroatoms. The molecule has 0 N–H and O–H groups in total. The number of likely N-dealkylation sites (N-methyl/N-ethyl adjacent to an activating group) is 1. The number of hydrogen-bond acceptors (Lipinski definition) is 3. The third-order valence-corrected chi connectivity index (χ3v) is 4.05. The summed E-state index contributed by atoms with van der Waals surface area (Å²) in [4.78, 5) is 26.8. The molecular weight excluding hydrogens is 304 g/mol. The Balaban J connectivity index is 1.93. The number of carbonyl (C=O) groups excluding carboxylic acids is 1. The summed E-state index contributed by atoms with van der Waals surface area (Å²) in [6.45, 7) is 6.34. The molecule has 0 aliphatic rings. The van der Waals surface area contributed by atoms with Gasteiger partial charge in [-0.1, -0.05) is 18.2 Å². The molecule has 24 heavy (non-hydrogen) atoms. The molecule has 0 atom stereocenters. The molecule has 0 unspecified atom stereocenters. The summed E-state index contributed by atoms with van der Waals surface area (Å²) >= 11 is 0. The van der Waals surface area contributed by atoms with Crippen LogP contribution in [-0.4, -0.2) is 26.6 Å². The minimum Gasteiger partial charge on any atom is -0.311 e. The Bertz CT molecular complexity index is 955. The van der Waals surface area contributed by atoms with Crippen LogP contribution in [0.1, 0.15) is 18.1 Å². The number of carbonyl (C=O) groups is 1. The van der Waals surface area contributed by atoms with Crippen LogP contribution in [0.2, 0.25) is 0 Å². The maximum absolute atomic E-state index is 12.8. The second-order valence-corrected chi connectivity index (χ2v) is 5.80. The van der Waals surface area contributed by atoms with Crippen molar-refractivity contribution in [3.63, 3.8) is 0 Å². The zero-order chi connectivity index (χ0) is 17.3. The molecule has 0 aliphatic heterocycles. The summed E-state index contributed by atoms with van der Waals surface area (Å²) in [5.74, 6) is -0.156. The van der Waals surface area contributed by atoms with Crippen LogP contribution in [0.3, 0.4) is 0 Å². The Kier molecular flexibility index (Phi) is 4.20. The van der Waals surface area contributed by atoms with E-state index in [-0.39, 0.29) is 18.1 Å². The maximum atomic E-state index is 12.8. The molecule has 0 fully saturated rings. The SMILES string of the molecule is CCN(C(=O)Cn1nc2ccccn2c1=O)c1cc(C)ccc1C. The van der Waals surface area contributed by atoms with E-state index >= 15 is 0 Å². The van der Waals surface area contributed by atoms with Crippen LogP contribution in [0.15, 0.2) is 47.4 Å². The van der Waals surface area contributed by atoms with Crippen molar-refractivity contribution in [3.8, 4) is 0 Å². The average molecular weight is 324 g/mol. The summed E-state index contributed by atoms with van der Waals surface area (Å²) < 4.78 is 2.65. The highest BCUT2D eigenvalue weighted by Gasteiger charge is 2.18. The van der Waals surface area contributed by atoms with Gasteiger partial charge in [0.25, 0.3) is 0 Å². The van der Waals surface area contributed by atoms with Crippen molar-refractivity contribution in [2.45, 2.75) is 27.3 Å². The van der Waals surface area contributed by atoms with Gasteiger partial charge in [-0.2, -0.15) is 0 Å². The van der Waals surface area contributed by atoms with Crippen molar-refractivity contribution >= 4 is 17.2 Å². The lowest BCUT2D eigenvalue weighted by Crippen LogP contribution is -2.37. The quantitative estimate of drug-likeness (QED) is 0.739. The molecule has 6 nitrogen and oxygen atoms in total. The van der Waals surface area contributed by atoms with Crippen molar-refractivity contribution in [1.82, 2.24) is 14.2 Å². The molecule has 0 saturated carbocycles. The summed E-state index contributed by atoms with van der Waals surface area (Å²) in [6.07, 6.45) is 1.65. The fourth-order valence-electron chi connectivity index (χ4n) is 2.78. The normalized spacial score (nSPS) is 11.0. The molecule has 0 aliphatic carbocycles. The molecule has 0 radical (unpaired) electrons. The first-order chi connectivity index (χ1) is 11.5. The van der Waals surface area contributed by atoms with Crippen LogP contribution in [-0.2, 0) is 11.3 Å². The predicted molar refractivity (Wildman–Crippen MR) is 93.4 cm³/mol. The number of fused-ring (bicyclic) bond motifs is 1. The van der Waals surface area contributed by atoms with E-state index in [4.69, 9.17) is 0 Å². The summed E-state index contributed by atoms with van der Waals surface area (Å²) in [5, 5.41) is 4.22. The molecule has 1 aromatic carbocycles. The van der Waals surface area contributed by atoms with Gasteiger partial charge < -0.3 is 4.90 Å². The fourth-order valence-corrected chi connectivity index (χ4v) is 2.78. The van der Waals surface area contributed by atoms with E-state index in [0.717, 1.165) is 16.8 Å². The smallest absolute Gasteiger partial charge is 0.311 e. The Morgan fingerprint density at radius 1 is 1.21 bits per heavy atom. The van der Waals surface area contributed by atoms with Gasteiger partial charge in [-0.3, -0.25) is 9.20 Å². The Labute approximate surface area is 139 Å². The van der Waals surface area contributed by atoms with E-state index in [1.807, 2.05) is 45.0 Å². The van der Waals surface area contributed by atoms with Crippen molar-refractivity contribution in [1.29, 1.82) is 0 Å². The van der Waals surface area contributed by atoms with Crippen LogP contribution in [0.5, 0.6) is 0 Å².